The second-order valence-electron chi connectivity index (χ2n) is 5.93. The number of nitrogens with one attached hydrogen (secondary N) is 1. The van der Waals surface area contributed by atoms with Gasteiger partial charge in [0.1, 0.15) is 6.54 Å². The summed E-state index contributed by atoms with van der Waals surface area (Å²) in [5.74, 6) is -0.822. The first-order chi connectivity index (χ1) is 12.4. The van der Waals surface area contributed by atoms with Crippen molar-refractivity contribution in [3.63, 3.8) is 0 Å². The number of methoxy groups -OCH3 is 1. The van der Waals surface area contributed by atoms with Crippen molar-refractivity contribution in [3.05, 3.63) is 64.1 Å². The zero-order chi connectivity index (χ0) is 18.8. The number of aromatic nitrogens is 2. The van der Waals surface area contributed by atoms with E-state index in [1.54, 1.807) is 38.2 Å². The molecule has 3 rings (SSSR count). The molecule has 0 aliphatic rings. The third-order valence-electron chi connectivity index (χ3n) is 4.37. The number of carbonyl (C=O) groups excluding carboxylic acids is 2. The zero-order valence-corrected chi connectivity index (χ0v) is 14.8. The van der Waals surface area contributed by atoms with Crippen molar-refractivity contribution in [2.45, 2.75) is 13.5 Å². The van der Waals surface area contributed by atoms with E-state index in [0.717, 1.165) is 5.52 Å². The lowest BCUT2D eigenvalue weighted by atomic mass is 10.1. The van der Waals surface area contributed by atoms with Gasteiger partial charge in [-0.3, -0.25) is 13.9 Å². The van der Waals surface area contributed by atoms with Gasteiger partial charge in [0.05, 0.1) is 23.7 Å². The van der Waals surface area contributed by atoms with E-state index in [2.05, 4.69) is 5.32 Å². The van der Waals surface area contributed by atoms with Crippen molar-refractivity contribution in [2.24, 2.45) is 7.05 Å². The predicted molar refractivity (Wildman–Crippen MR) is 98.3 cm³/mol. The Morgan fingerprint density at radius 1 is 1.08 bits per heavy atom. The Morgan fingerprint density at radius 3 is 2.46 bits per heavy atom. The Balaban J connectivity index is 1.88. The molecule has 0 unspecified atom stereocenters. The van der Waals surface area contributed by atoms with Crippen LogP contribution in [0, 0.1) is 6.92 Å². The Hall–Kier alpha value is -3.35. The molecule has 0 spiro atoms. The molecule has 7 heteroatoms. The van der Waals surface area contributed by atoms with Crippen LogP contribution in [-0.4, -0.2) is 28.1 Å². The molecule has 0 aliphatic heterocycles. The highest BCUT2D eigenvalue weighted by molar-refractivity contribution is 5.97. The first-order valence-corrected chi connectivity index (χ1v) is 8.06. The molecule has 3 aromatic rings. The van der Waals surface area contributed by atoms with Gasteiger partial charge < -0.3 is 10.1 Å². The SMILES string of the molecule is COC(=O)c1cccc(NC(=O)Cn2c(=O)n(C)c3ccccc32)c1C. The van der Waals surface area contributed by atoms with Crippen molar-refractivity contribution in [1.29, 1.82) is 0 Å². The largest absolute Gasteiger partial charge is 0.465 e. The topological polar surface area (TPSA) is 82.3 Å². The molecule has 0 atom stereocenters. The molecule has 2 aromatic carbocycles. The lowest BCUT2D eigenvalue weighted by Gasteiger charge is -2.11. The predicted octanol–water partition coefficient (Wildman–Crippen LogP) is 2.07. The zero-order valence-electron chi connectivity index (χ0n) is 14.8. The number of anilines is 1. The van der Waals surface area contributed by atoms with E-state index in [4.69, 9.17) is 4.74 Å². The van der Waals surface area contributed by atoms with Gasteiger partial charge in [0.15, 0.2) is 0 Å². The minimum atomic E-state index is -0.469. The minimum absolute atomic E-state index is 0.123. The molecule has 26 heavy (non-hydrogen) atoms. The summed E-state index contributed by atoms with van der Waals surface area (Å²) in [4.78, 5) is 36.7. The molecule has 0 aliphatic carbocycles. The molecule has 134 valence electrons. The number of esters is 1. The molecule has 1 heterocycles. The van der Waals surface area contributed by atoms with Crippen LogP contribution in [0.25, 0.3) is 11.0 Å². The van der Waals surface area contributed by atoms with E-state index in [-0.39, 0.29) is 18.1 Å². The maximum atomic E-state index is 12.5. The number of benzene rings is 2. The average molecular weight is 353 g/mol. The van der Waals surface area contributed by atoms with Crippen LogP contribution in [0.5, 0.6) is 0 Å². The number of nitrogens with zero attached hydrogens (tertiary/aromatic N) is 2. The fourth-order valence-corrected chi connectivity index (χ4v) is 2.95. The minimum Gasteiger partial charge on any atom is -0.465 e. The number of hydrogen-bond donors (Lipinski definition) is 1. The van der Waals surface area contributed by atoms with Gasteiger partial charge in [-0.15, -0.1) is 0 Å². The summed E-state index contributed by atoms with van der Waals surface area (Å²) >= 11 is 0. The number of fused-ring (bicyclic) bond motifs is 1. The summed E-state index contributed by atoms with van der Waals surface area (Å²) in [6.07, 6.45) is 0. The smallest absolute Gasteiger partial charge is 0.338 e. The number of imidazole rings is 1. The summed E-state index contributed by atoms with van der Waals surface area (Å²) in [5, 5.41) is 2.76. The van der Waals surface area contributed by atoms with E-state index in [1.165, 1.54) is 16.2 Å². The van der Waals surface area contributed by atoms with Crippen LogP contribution in [0.3, 0.4) is 0 Å². The first-order valence-electron chi connectivity index (χ1n) is 8.06. The van der Waals surface area contributed by atoms with Gasteiger partial charge in [0, 0.05) is 12.7 Å². The normalized spacial score (nSPS) is 10.7. The first kappa shape index (κ1) is 17.5. The van der Waals surface area contributed by atoms with E-state index < -0.39 is 5.97 Å². The molecule has 0 saturated carbocycles. The van der Waals surface area contributed by atoms with Gasteiger partial charge in [-0.25, -0.2) is 9.59 Å². The molecule has 0 saturated heterocycles. The molecular formula is C19H19N3O4. The van der Waals surface area contributed by atoms with Crippen LogP contribution < -0.4 is 11.0 Å². The van der Waals surface area contributed by atoms with Gasteiger partial charge in [0.25, 0.3) is 0 Å². The van der Waals surface area contributed by atoms with Gasteiger partial charge in [0.2, 0.25) is 5.91 Å². The fourth-order valence-electron chi connectivity index (χ4n) is 2.95. The van der Waals surface area contributed by atoms with Crippen LogP contribution in [0.15, 0.2) is 47.3 Å². The van der Waals surface area contributed by atoms with Gasteiger partial charge >= 0.3 is 11.7 Å². The number of rotatable bonds is 4. The number of hydrogen-bond acceptors (Lipinski definition) is 4. The maximum absolute atomic E-state index is 12.5. The molecular weight excluding hydrogens is 334 g/mol. The lowest BCUT2D eigenvalue weighted by Crippen LogP contribution is -2.28. The van der Waals surface area contributed by atoms with Crippen molar-refractivity contribution in [2.75, 3.05) is 12.4 Å². The lowest BCUT2D eigenvalue weighted by molar-refractivity contribution is -0.116. The standard InChI is InChI=1S/C19H19N3O4/c1-12-13(18(24)26-3)7-6-8-14(12)20-17(23)11-22-16-10-5-4-9-15(16)21(2)19(22)25/h4-10H,11H2,1-3H3,(H,20,23). The van der Waals surface area contributed by atoms with Crippen molar-refractivity contribution in [1.82, 2.24) is 9.13 Å². The number of para-hydroxylation sites is 2. The summed E-state index contributed by atoms with van der Waals surface area (Å²) < 4.78 is 7.67. The van der Waals surface area contributed by atoms with E-state index in [1.807, 2.05) is 18.2 Å². The Labute approximate surface area is 149 Å². The molecule has 0 bridgehead atoms. The van der Waals surface area contributed by atoms with Gasteiger partial charge in [-0.05, 0) is 36.8 Å². The van der Waals surface area contributed by atoms with Gasteiger partial charge in [-0.1, -0.05) is 18.2 Å². The molecule has 1 amide bonds. The summed E-state index contributed by atoms with van der Waals surface area (Å²) in [7, 11) is 2.98. The van der Waals surface area contributed by atoms with E-state index in [0.29, 0.717) is 22.3 Å². The third-order valence-corrected chi connectivity index (χ3v) is 4.37. The number of ether oxygens (including phenoxy) is 1. The number of aryl methyl sites for hydroxylation is 1. The van der Waals surface area contributed by atoms with Crippen LogP contribution >= 0.6 is 0 Å². The summed E-state index contributed by atoms with van der Waals surface area (Å²) in [6, 6.07) is 12.3. The summed E-state index contributed by atoms with van der Waals surface area (Å²) in [5.41, 5.74) is 2.68. The second-order valence-corrected chi connectivity index (χ2v) is 5.93. The Bertz CT molecular complexity index is 1060. The molecule has 1 N–H and O–H groups in total. The van der Waals surface area contributed by atoms with Crippen molar-refractivity contribution >= 4 is 28.6 Å². The van der Waals surface area contributed by atoms with E-state index >= 15 is 0 Å². The monoisotopic (exact) mass is 353 g/mol. The van der Waals surface area contributed by atoms with Gasteiger partial charge in [-0.2, -0.15) is 0 Å². The highest BCUT2D eigenvalue weighted by atomic mass is 16.5. The fraction of sp³-hybridized carbons (Fsp3) is 0.211. The quantitative estimate of drug-likeness (QED) is 0.728. The maximum Gasteiger partial charge on any atom is 0.338 e. The van der Waals surface area contributed by atoms with Crippen LogP contribution in [0.2, 0.25) is 0 Å². The number of carbonyl (C=O) groups is 2. The van der Waals surface area contributed by atoms with Crippen LogP contribution in [0.4, 0.5) is 5.69 Å². The Morgan fingerprint density at radius 2 is 1.77 bits per heavy atom. The van der Waals surface area contributed by atoms with Crippen molar-refractivity contribution in [3.8, 4) is 0 Å². The van der Waals surface area contributed by atoms with Crippen LogP contribution in [-0.2, 0) is 23.1 Å². The Kier molecular flexibility index (Phi) is 4.62. The highest BCUT2D eigenvalue weighted by Crippen LogP contribution is 2.20. The molecule has 0 radical (unpaired) electrons. The van der Waals surface area contributed by atoms with Crippen LogP contribution in [0.1, 0.15) is 15.9 Å². The summed E-state index contributed by atoms with van der Waals surface area (Å²) in [6.45, 7) is 1.61. The molecule has 7 nitrogen and oxygen atoms in total. The molecule has 0 fully saturated rings. The number of amides is 1. The van der Waals surface area contributed by atoms with E-state index in [9.17, 15) is 14.4 Å². The third kappa shape index (κ3) is 2.99. The second kappa shape index (κ2) is 6.87. The highest BCUT2D eigenvalue weighted by Gasteiger charge is 2.16. The molecule has 1 aromatic heterocycles. The van der Waals surface area contributed by atoms with Crippen molar-refractivity contribution < 1.29 is 14.3 Å². The average Bonchev–Trinajstić information content (AvgIpc) is 2.88.